The van der Waals surface area contributed by atoms with Crippen LogP contribution in [0.3, 0.4) is 0 Å². The van der Waals surface area contributed by atoms with Crippen molar-refractivity contribution in [3.8, 4) is 0 Å². The van der Waals surface area contributed by atoms with Gasteiger partial charge in [-0.2, -0.15) is 9.78 Å². The van der Waals surface area contributed by atoms with Gasteiger partial charge in [-0.15, -0.1) is 0 Å². The van der Waals surface area contributed by atoms with Gasteiger partial charge < -0.3 is 9.80 Å². The van der Waals surface area contributed by atoms with E-state index in [1.54, 1.807) is 19.4 Å². The number of anilines is 1. The van der Waals surface area contributed by atoms with Crippen LogP contribution >= 0.6 is 0 Å². The fourth-order valence-corrected chi connectivity index (χ4v) is 4.58. The van der Waals surface area contributed by atoms with Gasteiger partial charge in [-0.1, -0.05) is 29.8 Å². The number of likely N-dealkylation sites (tertiary alicyclic amines) is 2. The average Bonchev–Trinajstić information content (AvgIpc) is 3.42. The van der Waals surface area contributed by atoms with Crippen LogP contribution in [0, 0.1) is 12.3 Å². The maximum absolute atomic E-state index is 12.9. The van der Waals surface area contributed by atoms with Gasteiger partial charge in [0.1, 0.15) is 0 Å². The molecule has 7 heteroatoms. The molecule has 2 fully saturated rings. The first-order valence-electron chi connectivity index (χ1n) is 10.2. The quantitative estimate of drug-likeness (QED) is 0.802. The summed E-state index contributed by atoms with van der Waals surface area (Å²) in [7, 11) is 1.68. The minimum Gasteiger partial charge on any atom is -0.322 e. The molecule has 154 valence electrons. The monoisotopic (exact) mass is 395 g/mol. The molecule has 0 bridgehead atoms. The van der Waals surface area contributed by atoms with Crippen molar-refractivity contribution < 1.29 is 9.59 Å². The first kappa shape index (κ1) is 19.6. The van der Waals surface area contributed by atoms with Gasteiger partial charge in [0, 0.05) is 45.6 Å². The lowest BCUT2D eigenvalue weighted by atomic mass is 9.86. The standard InChI is InChI=1S/C22H29N5O2/c1-17-5-4-6-19(11-17)13-25-9-7-22(15-25)8-10-26(16-22)21(29)27-14-20(12-23-27)24(3)18(2)28/h4-6,11-12,14H,7-10,13,15-16H2,1-3H3. The van der Waals surface area contributed by atoms with E-state index in [0.717, 1.165) is 45.6 Å². The lowest BCUT2D eigenvalue weighted by Gasteiger charge is -2.24. The summed E-state index contributed by atoms with van der Waals surface area (Å²) in [5, 5.41) is 4.18. The first-order valence-corrected chi connectivity index (χ1v) is 10.2. The predicted octanol–water partition coefficient (Wildman–Crippen LogP) is 2.74. The largest absolute Gasteiger partial charge is 0.344 e. The second kappa shape index (κ2) is 7.63. The van der Waals surface area contributed by atoms with E-state index in [-0.39, 0.29) is 17.4 Å². The van der Waals surface area contributed by atoms with Crippen molar-refractivity contribution in [3.63, 3.8) is 0 Å². The molecule has 4 rings (SSSR count). The number of amides is 2. The number of benzene rings is 1. The Morgan fingerprint density at radius 2 is 2.00 bits per heavy atom. The SMILES string of the molecule is CC(=O)N(C)c1cnn(C(=O)N2CCC3(CCN(Cc4cccc(C)c4)C3)C2)c1. The van der Waals surface area contributed by atoms with E-state index in [4.69, 9.17) is 0 Å². The van der Waals surface area contributed by atoms with Crippen molar-refractivity contribution in [2.75, 3.05) is 38.1 Å². The van der Waals surface area contributed by atoms with Crippen LogP contribution in [0.1, 0.15) is 30.9 Å². The van der Waals surface area contributed by atoms with Crippen molar-refractivity contribution in [1.82, 2.24) is 19.6 Å². The maximum atomic E-state index is 12.9. The molecule has 1 unspecified atom stereocenters. The molecule has 3 heterocycles. The van der Waals surface area contributed by atoms with Gasteiger partial charge in [-0.3, -0.25) is 9.69 Å². The summed E-state index contributed by atoms with van der Waals surface area (Å²) >= 11 is 0. The van der Waals surface area contributed by atoms with Crippen LogP contribution in [0.25, 0.3) is 0 Å². The summed E-state index contributed by atoms with van der Waals surface area (Å²) in [5.74, 6) is -0.0863. The fourth-order valence-electron chi connectivity index (χ4n) is 4.58. The molecule has 29 heavy (non-hydrogen) atoms. The van der Waals surface area contributed by atoms with Crippen molar-refractivity contribution in [3.05, 3.63) is 47.8 Å². The van der Waals surface area contributed by atoms with E-state index in [9.17, 15) is 9.59 Å². The average molecular weight is 396 g/mol. The Morgan fingerprint density at radius 1 is 1.21 bits per heavy atom. The number of nitrogens with zero attached hydrogens (tertiary/aromatic N) is 5. The molecule has 0 aliphatic carbocycles. The van der Waals surface area contributed by atoms with E-state index in [1.165, 1.54) is 27.6 Å². The molecule has 0 saturated carbocycles. The van der Waals surface area contributed by atoms with Crippen molar-refractivity contribution >= 4 is 17.6 Å². The highest BCUT2D eigenvalue weighted by Crippen LogP contribution is 2.40. The molecule has 2 saturated heterocycles. The topological polar surface area (TPSA) is 61.7 Å². The zero-order valence-electron chi connectivity index (χ0n) is 17.5. The Labute approximate surface area is 171 Å². The smallest absolute Gasteiger partial charge is 0.322 e. The van der Waals surface area contributed by atoms with Crippen LogP contribution < -0.4 is 4.90 Å². The number of aromatic nitrogens is 2. The van der Waals surface area contributed by atoms with Crippen LogP contribution in [0.15, 0.2) is 36.7 Å². The molecule has 1 aromatic heterocycles. The fraction of sp³-hybridized carbons (Fsp3) is 0.500. The Hall–Kier alpha value is -2.67. The molecule has 2 aliphatic heterocycles. The molecule has 7 nitrogen and oxygen atoms in total. The number of carbonyl (C=O) groups excluding carboxylic acids is 2. The normalized spacial score (nSPS) is 21.8. The van der Waals surface area contributed by atoms with Gasteiger partial charge in [0.25, 0.3) is 0 Å². The molecule has 2 aliphatic rings. The number of hydrogen-bond acceptors (Lipinski definition) is 4. The Morgan fingerprint density at radius 3 is 2.76 bits per heavy atom. The third kappa shape index (κ3) is 4.05. The van der Waals surface area contributed by atoms with Gasteiger partial charge in [0.2, 0.25) is 5.91 Å². The van der Waals surface area contributed by atoms with Crippen LogP contribution in [-0.4, -0.2) is 64.7 Å². The van der Waals surface area contributed by atoms with Gasteiger partial charge in [0.05, 0.1) is 18.1 Å². The Bertz CT molecular complexity index is 923. The molecule has 0 N–H and O–H groups in total. The number of rotatable bonds is 3. The van der Waals surface area contributed by atoms with Gasteiger partial charge in [-0.25, -0.2) is 4.79 Å². The van der Waals surface area contributed by atoms with E-state index in [2.05, 4.69) is 41.2 Å². The van der Waals surface area contributed by atoms with Crippen LogP contribution in [0.4, 0.5) is 10.5 Å². The lowest BCUT2D eigenvalue weighted by molar-refractivity contribution is -0.116. The molecule has 2 amide bonds. The highest BCUT2D eigenvalue weighted by molar-refractivity contribution is 5.91. The second-order valence-electron chi connectivity index (χ2n) is 8.62. The summed E-state index contributed by atoms with van der Waals surface area (Å²) in [6.45, 7) is 8.23. The summed E-state index contributed by atoms with van der Waals surface area (Å²) in [4.78, 5) is 30.3. The molecule has 1 atom stereocenters. The minimum atomic E-state index is -0.109. The third-order valence-electron chi connectivity index (χ3n) is 6.34. The van der Waals surface area contributed by atoms with Crippen molar-refractivity contribution in [2.24, 2.45) is 5.41 Å². The van der Waals surface area contributed by atoms with E-state index in [0.29, 0.717) is 5.69 Å². The maximum Gasteiger partial charge on any atom is 0.344 e. The molecule has 1 aromatic carbocycles. The van der Waals surface area contributed by atoms with E-state index in [1.807, 2.05) is 4.90 Å². The predicted molar refractivity (Wildman–Crippen MR) is 112 cm³/mol. The highest BCUT2D eigenvalue weighted by atomic mass is 16.2. The van der Waals surface area contributed by atoms with Gasteiger partial charge in [-0.05, 0) is 31.9 Å². The lowest BCUT2D eigenvalue weighted by Crippen LogP contribution is -2.36. The van der Waals surface area contributed by atoms with E-state index < -0.39 is 0 Å². The van der Waals surface area contributed by atoms with Crippen LogP contribution in [0.5, 0.6) is 0 Å². The first-order chi connectivity index (χ1) is 13.8. The number of aryl methyl sites for hydroxylation is 1. The minimum absolute atomic E-state index is 0.0863. The Balaban J connectivity index is 1.37. The molecule has 0 radical (unpaired) electrons. The summed E-state index contributed by atoms with van der Waals surface area (Å²) in [6, 6.07) is 8.58. The third-order valence-corrected chi connectivity index (χ3v) is 6.34. The molecule has 1 spiro atoms. The van der Waals surface area contributed by atoms with E-state index >= 15 is 0 Å². The van der Waals surface area contributed by atoms with Crippen LogP contribution in [-0.2, 0) is 11.3 Å². The summed E-state index contributed by atoms with van der Waals surface area (Å²) < 4.78 is 1.35. The molecule has 2 aromatic rings. The Kier molecular flexibility index (Phi) is 5.17. The second-order valence-corrected chi connectivity index (χ2v) is 8.62. The zero-order chi connectivity index (χ0) is 20.6. The van der Waals surface area contributed by atoms with Crippen LogP contribution in [0.2, 0.25) is 0 Å². The van der Waals surface area contributed by atoms with Gasteiger partial charge in [0.15, 0.2) is 0 Å². The van der Waals surface area contributed by atoms with Crippen molar-refractivity contribution in [1.29, 1.82) is 0 Å². The molecular formula is C22H29N5O2. The van der Waals surface area contributed by atoms with Gasteiger partial charge >= 0.3 is 6.03 Å². The van der Waals surface area contributed by atoms with Crippen molar-refractivity contribution in [2.45, 2.75) is 33.2 Å². The highest BCUT2D eigenvalue weighted by Gasteiger charge is 2.45. The molecular weight excluding hydrogens is 366 g/mol. The zero-order valence-corrected chi connectivity index (χ0v) is 17.5. The number of hydrogen-bond donors (Lipinski definition) is 0. The number of carbonyl (C=O) groups is 2. The summed E-state index contributed by atoms with van der Waals surface area (Å²) in [6.07, 6.45) is 5.35. The summed E-state index contributed by atoms with van der Waals surface area (Å²) in [5.41, 5.74) is 3.46.